The Hall–Kier alpha value is -0.740. The molecule has 0 bridgehead atoms. The van der Waals surface area contributed by atoms with Crippen LogP contribution >= 0.6 is 0 Å². The smallest absolute Gasteiger partial charge is 0.277 e. The van der Waals surface area contributed by atoms with Crippen molar-refractivity contribution in [2.75, 3.05) is 52.5 Å². The zero-order chi connectivity index (χ0) is 14.1. The minimum atomic E-state index is -3.56. The van der Waals surface area contributed by atoms with Crippen molar-refractivity contribution in [3.8, 4) is 0 Å². The van der Waals surface area contributed by atoms with Gasteiger partial charge in [-0.15, -0.1) is 0 Å². The summed E-state index contributed by atoms with van der Waals surface area (Å²) in [5, 5.41) is 2.67. The number of rotatable bonds is 8. The molecule has 0 aromatic rings. The first kappa shape index (κ1) is 16.3. The Morgan fingerprint density at radius 1 is 1.26 bits per heavy atom. The van der Waals surface area contributed by atoms with Crippen molar-refractivity contribution in [1.29, 1.82) is 0 Å². The van der Waals surface area contributed by atoms with Crippen LogP contribution in [-0.2, 0) is 19.7 Å². The monoisotopic (exact) mass is 294 g/mol. The average Bonchev–Trinajstić information content (AvgIpc) is 2.38. The normalized spacial score (nSPS) is 17.3. The number of hydrogen-bond donors (Lipinski definition) is 3. The Balaban J connectivity index is 2.10. The van der Waals surface area contributed by atoms with Crippen LogP contribution in [0.4, 0.5) is 0 Å². The molecule has 0 atom stereocenters. The molecule has 0 aromatic heterocycles. The Morgan fingerprint density at radius 2 is 1.95 bits per heavy atom. The summed E-state index contributed by atoms with van der Waals surface area (Å²) in [5.74, 6) is -0.338. The molecule has 1 aliphatic rings. The van der Waals surface area contributed by atoms with E-state index >= 15 is 0 Å². The highest BCUT2D eigenvalue weighted by molar-refractivity contribution is 7.87. The van der Waals surface area contributed by atoms with Crippen molar-refractivity contribution in [1.82, 2.24) is 19.7 Å². The van der Waals surface area contributed by atoms with Crippen molar-refractivity contribution in [2.45, 2.75) is 6.92 Å². The summed E-state index contributed by atoms with van der Waals surface area (Å²) < 4.78 is 32.1. The number of amides is 1. The standard InChI is InChI=1S/C10H22N4O4S/c1-2-12-19(16,17)13-9-10(15)11-3-4-14-5-7-18-8-6-14/h12-13H,2-9H2,1H3,(H,11,15). The van der Waals surface area contributed by atoms with Gasteiger partial charge in [-0.25, -0.2) is 4.72 Å². The molecule has 0 aliphatic carbocycles. The van der Waals surface area contributed by atoms with Crippen molar-refractivity contribution in [2.24, 2.45) is 0 Å². The lowest BCUT2D eigenvalue weighted by atomic mass is 10.4. The van der Waals surface area contributed by atoms with E-state index in [0.29, 0.717) is 6.54 Å². The van der Waals surface area contributed by atoms with Crippen LogP contribution in [0.5, 0.6) is 0 Å². The molecule has 1 fully saturated rings. The number of carbonyl (C=O) groups excluding carboxylic acids is 1. The largest absolute Gasteiger partial charge is 0.379 e. The highest BCUT2D eigenvalue weighted by atomic mass is 32.2. The van der Waals surface area contributed by atoms with Gasteiger partial charge < -0.3 is 10.1 Å². The predicted octanol–water partition coefficient (Wildman–Crippen LogP) is -2.12. The van der Waals surface area contributed by atoms with Crippen LogP contribution in [0.1, 0.15) is 6.92 Å². The molecular weight excluding hydrogens is 272 g/mol. The van der Waals surface area contributed by atoms with E-state index in [-0.39, 0.29) is 19.0 Å². The molecule has 0 unspecified atom stereocenters. The summed E-state index contributed by atoms with van der Waals surface area (Å²) in [6.45, 7) is 6.11. The molecule has 1 amide bonds. The van der Waals surface area contributed by atoms with Gasteiger partial charge in [-0.2, -0.15) is 13.1 Å². The maximum absolute atomic E-state index is 11.4. The average molecular weight is 294 g/mol. The quantitative estimate of drug-likeness (QED) is 0.475. The summed E-state index contributed by atoms with van der Waals surface area (Å²) in [6.07, 6.45) is 0. The Bertz CT molecular complexity index is 368. The fourth-order valence-corrected chi connectivity index (χ4v) is 2.45. The fourth-order valence-electron chi connectivity index (χ4n) is 1.64. The lowest BCUT2D eigenvalue weighted by Crippen LogP contribution is -2.45. The Labute approximate surface area is 114 Å². The summed E-state index contributed by atoms with van der Waals surface area (Å²) in [6, 6.07) is 0. The first-order valence-corrected chi connectivity index (χ1v) is 7.83. The third-order valence-electron chi connectivity index (χ3n) is 2.61. The van der Waals surface area contributed by atoms with Crippen molar-refractivity contribution in [3.63, 3.8) is 0 Å². The second-order valence-electron chi connectivity index (χ2n) is 4.13. The summed E-state index contributed by atoms with van der Waals surface area (Å²) >= 11 is 0. The predicted molar refractivity (Wildman–Crippen MR) is 70.9 cm³/mol. The first-order chi connectivity index (χ1) is 9.03. The van der Waals surface area contributed by atoms with Crippen LogP contribution in [0.15, 0.2) is 0 Å². The molecule has 1 heterocycles. The molecule has 1 saturated heterocycles. The molecule has 1 aliphatic heterocycles. The number of nitrogens with one attached hydrogen (secondary N) is 3. The van der Waals surface area contributed by atoms with Gasteiger partial charge in [-0.05, 0) is 0 Å². The molecule has 19 heavy (non-hydrogen) atoms. The molecule has 0 saturated carbocycles. The molecular formula is C10H22N4O4S. The molecule has 112 valence electrons. The SMILES string of the molecule is CCNS(=O)(=O)NCC(=O)NCCN1CCOCC1. The Morgan fingerprint density at radius 3 is 2.58 bits per heavy atom. The summed E-state index contributed by atoms with van der Waals surface area (Å²) in [4.78, 5) is 13.6. The first-order valence-electron chi connectivity index (χ1n) is 6.34. The number of nitrogens with zero attached hydrogens (tertiary/aromatic N) is 1. The second-order valence-corrected chi connectivity index (χ2v) is 5.71. The van der Waals surface area contributed by atoms with Gasteiger partial charge in [-0.1, -0.05) is 6.92 Å². The van der Waals surface area contributed by atoms with E-state index in [1.807, 2.05) is 0 Å². The lowest BCUT2D eigenvalue weighted by Gasteiger charge is -2.26. The van der Waals surface area contributed by atoms with E-state index in [0.717, 1.165) is 32.8 Å². The zero-order valence-electron chi connectivity index (χ0n) is 11.1. The van der Waals surface area contributed by atoms with Crippen LogP contribution in [0.25, 0.3) is 0 Å². The minimum absolute atomic E-state index is 0.252. The molecule has 0 spiro atoms. The molecule has 9 heteroatoms. The third-order valence-corrected chi connectivity index (χ3v) is 3.80. The van der Waals surface area contributed by atoms with E-state index in [1.54, 1.807) is 6.92 Å². The molecule has 8 nitrogen and oxygen atoms in total. The molecule has 0 radical (unpaired) electrons. The van der Waals surface area contributed by atoms with Gasteiger partial charge >= 0.3 is 0 Å². The van der Waals surface area contributed by atoms with Crippen molar-refractivity contribution < 1.29 is 17.9 Å². The van der Waals surface area contributed by atoms with Gasteiger partial charge in [0.15, 0.2) is 0 Å². The van der Waals surface area contributed by atoms with Gasteiger partial charge in [0.05, 0.1) is 19.8 Å². The van der Waals surface area contributed by atoms with Gasteiger partial charge in [-0.3, -0.25) is 9.69 Å². The number of carbonyl (C=O) groups is 1. The number of hydrogen-bond acceptors (Lipinski definition) is 5. The van der Waals surface area contributed by atoms with Gasteiger partial charge in [0.2, 0.25) is 5.91 Å². The highest BCUT2D eigenvalue weighted by Crippen LogP contribution is 1.94. The zero-order valence-corrected chi connectivity index (χ0v) is 12.0. The van der Waals surface area contributed by atoms with Crippen LogP contribution in [0.2, 0.25) is 0 Å². The molecule has 1 rings (SSSR count). The van der Waals surface area contributed by atoms with Crippen LogP contribution in [0, 0.1) is 0 Å². The van der Waals surface area contributed by atoms with E-state index in [9.17, 15) is 13.2 Å². The molecule has 0 aromatic carbocycles. The van der Waals surface area contributed by atoms with Crippen LogP contribution in [0.3, 0.4) is 0 Å². The van der Waals surface area contributed by atoms with Crippen LogP contribution in [-0.4, -0.2) is 71.7 Å². The number of ether oxygens (including phenoxy) is 1. The van der Waals surface area contributed by atoms with Crippen molar-refractivity contribution >= 4 is 16.1 Å². The van der Waals surface area contributed by atoms with Gasteiger partial charge in [0, 0.05) is 32.7 Å². The minimum Gasteiger partial charge on any atom is -0.379 e. The summed E-state index contributed by atoms with van der Waals surface area (Å²) in [7, 11) is -3.56. The van der Waals surface area contributed by atoms with Crippen molar-refractivity contribution in [3.05, 3.63) is 0 Å². The van der Waals surface area contributed by atoms with Gasteiger partial charge in [0.1, 0.15) is 0 Å². The lowest BCUT2D eigenvalue weighted by molar-refractivity contribution is -0.120. The Kier molecular flexibility index (Phi) is 7.24. The van der Waals surface area contributed by atoms with E-state index < -0.39 is 10.2 Å². The van der Waals surface area contributed by atoms with E-state index in [4.69, 9.17) is 4.74 Å². The molecule has 3 N–H and O–H groups in total. The fraction of sp³-hybridized carbons (Fsp3) is 0.900. The maximum atomic E-state index is 11.4. The topological polar surface area (TPSA) is 99.8 Å². The second kappa shape index (κ2) is 8.43. The number of morpholine rings is 1. The highest BCUT2D eigenvalue weighted by Gasteiger charge is 2.12. The third kappa shape index (κ3) is 7.43. The van der Waals surface area contributed by atoms with Crippen LogP contribution < -0.4 is 14.8 Å². The summed E-state index contributed by atoms with van der Waals surface area (Å²) in [5.41, 5.74) is 0. The van der Waals surface area contributed by atoms with E-state index in [2.05, 4.69) is 19.7 Å². The van der Waals surface area contributed by atoms with Gasteiger partial charge in [0.25, 0.3) is 10.2 Å². The maximum Gasteiger partial charge on any atom is 0.277 e. The van der Waals surface area contributed by atoms with E-state index in [1.165, 1.54) is 0 Å².